The Labute approximate surface area is 102 Å². The van der Waals surface area contributed by atoms with Crippen molar-refractivity contribution in [2.45, 2.75) is 23.9 Å². The molecule has 10 heteroatoms. The van der Waals surface area contributed by atoms with E-state index in [-0.39, 0.29) is 0 Å². The van der Waals surface area contributed by atoms with E-state index in [0.29, 0.717) is 0 Å². The fraction of sp³-hybridized carbons (Fsp3) is 1.00. The Balaban J connectivity index is 4.99. The number of hydrogen-bond acceptors (Lipinski definition) is 8. The van der Waals surface area contributed by atoms with Crippen LogP contribution in [0.1, 0.15) is 12.8 Å². The lowest BCUT2D eigenvalue weighted by atomic mass is 9.87. The predicted molar refractivity (Wildman–Crippen MR) is 57.0 cm³/mol. The van der Waals surface area contributed by atoms with Gasteiger partial charge < -0.3 is 20.4 Å². The first-order valence-corrected chi connectivity index (χ1v) is 5.06. The zero-order valence-corrected chi connectivity index (χ0v) is 9.56. The van der Waals surface area contributed by atoms with E-state index in [1.807, 2.05) is 0 Å². The Hall–Kier alpha value is -1.36. The molecular formula is C8H16N2O8. The fourth-order valence-electron chi connectivity index (χ4n) is 1.30. The summed E-state index contributed by atoms with van der Waals surface area (Å²) in [6.45, 7) is -4.00. The van der Waals surface area contributed by atoms with Crippen LogP contribution in [-0.2, 0) is 0 Å². The number of aliphatic hydroxyl groups is 4. The van der Waals surface area contributed by atoms with Crippen LogP contribution in [0.2, 0.25) is 0 Å². The Bertz CT molecular complexity index is 269. The van der Waals surface area contributed by atoms with Crippen LogP contribution in [0.4, 0.5) is 0 Å². The molecular weight excluding hydrogens is 252 g/mol. The van der Waals surface area contributed by atoms with E-state index in [9.17, 15) is 20.2 Å². The third kappa shape index (κ3) is 3.10. The summed E-state index contributed by atoms with van der Waals surface area (Å²) in [4.78, 5) is 19.6. The Morgan fingerprint density at radius 3 is 1.06 bits per heavy atom. The second kappa shape index (κ2) is 6.54. The summed E-state index contributed by atoms with van der Waals surface area (Å²) in [6, 6.07) is 0. The van der Waals surface area contributed by atoms with Crippen LogP contribution in [0, 0.1) is 20.2 Å². The molecule has 0 spiro atoms. The molecule has 106 valence electrons. The fourth-order valence-corrected chi connectivity index (χ4v) is 1.30. The van der Waals surface area contributed by atoms with Crippen molar-refractivity contribution in [1.82, 2.24) is 0 Å². The van der Waals surface area contributed by atoms with Gasteiger partial charge in [-0.2, -0.15) is 0 Å². The van der Waals surface area contributed by atoms with Gasteiger partial charge in [-0.05, 0) is 0 Å². The van der Waals surface area contributed by atoms with Crippen molar-refractivity contribution in [1.29, 1.82) is 0 Å². The molecule has 0 radical (unpaired) electrons. The molecule has 0 aromatic rings. The zero-order valence-electron chi connectivity index (χ0n) is 9.56. The van der Waals surface area contributed by atoms with E-state index in [2.05, 4.69) is 0 Å². The molecule has 0 saturated heterocycles. The highest BCUT2D eigenvalue weighted by Gasteiger charge is 2.49. The van der Waals surface area contributed by atoms with Gasteiger partial charge in [-0.15, -0.1) is 0 Å². The smallest absolute Gasteiger partial charge is 0.267 e. The van der Waals surface area contributed by atoms with Gasteiger partial charge in [0.25, 0.3) is 11.1 Å². The van der Waals surface area contributed by atoms with E-state index < -0.39 is 60.2 Å². The van der Waals surface area contributed by atoms with Crippen LogP contribution < -0.4 is 0 Å². The van der Waals surface area contributed by atoms with E-state index in [1.54, 1.807) is 0 Å². The van der Waals surface area contributed by atoms with Gasteiger partial charge in [0, 0.05) is 22.7 Å². The van der Waals surface area contributed by atoms with Gasteiger partial charge >= 0.3 is 0 Å². The lowest BCUT2D eigenvalue weighted by molar-refractivity contribution is -0.595. The minimum absolute atomic E-state index is 0.547. The minimum Gasteiger partial charge on any atom is -0.389 e. The average molecular weight is 268 g/mol. The summed E-state index contributed by atoms with van der Waals surface area (Å²) in [5.74, 6) is 0. The molecule has 0 unspecified atom stereocenters. The lowest BCUT2D eigenvalue weighted by Gasteiger charge is -2.25. The van der Waals surface area contributed by atoms with Gasteiger partial charge in [0.15, 0.2) is 0 Å². The number of aliphatic hydroxyl groups excluding tert-OH is 4. The summed E-state index contributed by atoms with van der Waals surface area (Å²) < 4.78 is 0. The molecule has 0 fully saturated rings. The summed E-state index contributed by atoms with van der Waals surface area (Å²) in [5.41, 5.74) is -4.24. The van der Waals surface area contributed by atoms with Crippen molar-refractivity contribution < 1.29 is 30.3 Å². The van der Waals surface area contributed by atoms with Crippen molar-refractivity contribution in [2.75, 3.05) is 26.4 Å². The maximum atomic E-state index is 10.7. The van der Waals surface area contributed by atoms with Crippen molar-refractivity contribution in [3.8, 4) is 0 Å². The highest BCUT2D eigenvalue weighted by molar-refractivity contribution is 4.85. The van der Waals surface area contributed by atoms with Crippen LogP contribution in [0.15, 0.2) is 0 Å². The molecule has 0 aliphatic rings. The third-order valence-electron chi connectivity index (χ3n) is 3.01. The van der Waals surface area contributed by atoms with Gasteiger partial charge in [0.2, 0.25) is 0 Å². The van der Waals surface area contributed by atoms with E-state index >= 15 is 0 Å². The molecule has 0 aliphatic carbocycles. The highest BCUT2D eigenvalue weighted by atomic mass is 16.6. The molecule has 10 nitrogen and oxygen atoms in total. The molecule has 4 N–H and O–H groups in total. The van der Waals surface area contributed by atoms with Crippen molar-refractivity contribution in [2.24, 2.45) is 0 Å². The maximum Gasteiger partial charge on any atom is 0.267 e. The number of nitro groups is 2. The maximum absolute atomic E-state index is 10.7. The summed E-state index contributed by atoms with van der Waals surface area (Å²) in [5, 5.41) is 57.2. The van der Waals surface area contributed by atoms with Gasteiger partial charge in [0.05, 0.1) is 0 Å². The second-order valence-corrected chi connectivity index (χ2v) is 4.10. The first kappa shape index (κ1) is 16.6. The first-order valence-electron chi connectivity index (χ1n) is 5.06. The summed E-state index contributed by atoms with van der Waals surface area (Å²) in [6.07, 6.45) is -1.09. The van der Waals surface area contributed by atoms with E-state index in [4.69, 9.17) is 20.4 Å². The second-order valence-electron chi connectivity index (χ2n) is 4.10. The molecule has 0 saturated carbocycles. The largest absolute Gasteiger partial charge is 0.389 e. The molecule has 0 aromatic carbocycles. The van der Waals surface area contributed by atoms with Gasteiger partial charge in [-0.1, -0.05) is 0 Å². The van der Waals surface area contributed by atoms with Crippen LogP contribution >= 0.6 is 0 Å². The summed E-state index contributed by atoms with van der Waals surface area (Å²) >= 11 is 0. The SMILES string of the molecule is O=[N+]([O-])C(CO)(CO)CCC(CO)(CO)[N+](=O)[O-]. The Morgan fingerprint density at radius 1 is 0.722 bits per heavy atom. The minimum atomic E-state index is -2.12. The molecule has 0 bridgehead atoms. The Morgan fingerprint density at radius 2 is 0.944 bits per heavy atom. The van der Waals surface area contributed by atoms with Gasteiger partial charge in [0.1, 0.15) is 26.4 Å². The number of nitrogens with zero attached hydrogens (tertiary/aromatic N) is 2. The molecule has 0 rings (SSSR count). The highest BCUT2D eigenvalue weighted by Crippen LogP contribution is 2.24. The lowest BCUT2D eigenvalue weighted by Crippen LogP contribution is -2.51. The predicted octanol–water partition coefficient (Wildman–Crippen LogP) is -2.23. The van der Waals surface area contributed by atoms with Gasteiger partial charge in [-0.25, -0.2) is 0 Å². The Kier molecular flexibility index (Phi) is 6.05. The number of hydrogen-bond donors (Lipinski definition) is 4. The standard InChI is InChI=1S/C8H16N2O8/c11-3-7(4-12,9(15)16)1-2-8(5-13,6-14)10(17)18/h11-14H,1-6H2. The molecule has 18 heavy (non-hydrogen) atoms. The zero-order chi connectivity index (χ0) is 14.4. The van der Waals surface area contributed by atoms with Gasteiger partial charge in [-0.3, -0.25) is 20.2 Å². The molecule has 0 aliphatic heterocycles. The average Bonchev–Trinajstić information content (AvgIpc) is 2.35. The molecule has 0 amide bonds. The first-order chi connectivity index (χ1) is 8.34. The van der Waals surface area contributed by atoms with Crippen LogP contribution in [-0.4, -0.2) is 67.8 Å². The van der Waals surface area contributed by atoms with Crippen LogP contribution in [0.5, 0.6) is 0 Å². The third-order valence-corrected chi connectivity index (χ3v) is 3.01. The normalized spacial score (nSPS) is 12.4. The number of rotatable bonds is 9. The molecule has 0 atom stereocenters. The summed E-state index contributed by atoms with van der Waals surface area (Å²) in [7, 11) is 0. The van der Waals surface area contributed by atoms with E-state index in [1.165, 1.54) is 0 Å². The van der Waals surface area contributed by atoms with Crippen molar-refractivity contribution >= 4 is 0 Å². The molecule has 0 aromatic heterocycles. The quantitative estimate of drug-likeness (QED) is 0.269. The van der Waals surface area contributed by atoms with Crippen molar-refractivity contribution in [3.63, 3.8) is 0 Å². The van der Waals surface area contributed by atoms with Crippen LogP contribution in [0.3, 0.4) is 0 Å². The van der Waals surface area contributed by atoms with E-state index in [0.717, 1.165) is 0 Å². The molecule has 0 heterocycles. The van der Waals surface area contributed by atoms with Crippen LogP contribution in [0.25, 0.3) is 0 Å². The van der Waals surface area contributed by atoms with Crippen molar-refractivity contribution in [3.05, 3.63) is 20.2 Å². The topological polar surface area (TPSA) is 167 Å². The monoisotopic (exact) mass is 268 g/mol.